The predicted molar refractivity (Wildman–Crippen MR) is 94.7 cm³/mol. The van der Waals surface area contributed by atoms with Crippen LogP contribution in [0.15, 0.2) is 96.4 Å². The Kier molecular flexibility index (Phi) is 4.74. The van der Waals surface area contributed by atoms with Crippen LogP contribution in [-0.2, 0) is 11.3 Å². The molecule has 0 bridgehead atoms. The molecule has 114 valence electrons. The van der Waals surface area contributed by atoms with Crippen molar-refractivity contribution in [3.8, 4) is 0 Å². The molecule has 0 aromatic heterocycles. The second-order valence-corrected chi connectivity index (χ2v) is 5.74. The Balaban J connectivity index is 1.65. The molecule has 23 heavy (non-hydrogen) atoms. The molecule has 1 aromatic rings. The number of nitrogens with zero attached hydrogens (tertiary/aromatic N) is 1. The Hall–Kier alpha value is -2.58. The molecule has 3 rings (SSSR count). The molecular weight excluding hydrogens is 306 g/mol. The average Bonchev–Trinajstić information content (AvgIpc) is 2.56. The van der Waals surface area contributed by atoms with Crippen molar-refractivity contribution in [2.24, 2.45) is 0 Å². The van der Waals surface area contributed by atoms with Crippen LogP contribution in [0.4, 0.5) is 0 Å². The summed E-state index contributed by atoms with van der Waals surface area (Å²) < 4.78 is 0. The molecule has 2 nitrogen and oxygen atoms in total. The van der Waals surface area contributed by atoms with Gasteiger partial charge in [-0.25, -0.2) is 0 Å². The van der Waals surface area contributed by atoms with Crippen molar-refractivity contribution in [1.29, 1.82) is 0 Å². The van der Waals surface area contributed by atoms with Crippen LogP contribution in [0.25, 0.3) is 0 Å². The third kappa shape index (κ3) is 4.21. The van der Waals surface area contributed by atoms with Crippen LogP contribution in [0, 0.1) is 0 Å². The third-order valence-electron chi connectivity index (χ3n) is 3.55. The van der Waals surface area contributed by atoms with Crippen molar-refractivity contribution >= 4 is 17.4 Å². The Labute approximate surface area is 141 Å². The summed E-state index contributed by atoms with van der Waals surface area (Å²) in [6, 6.07) is 7.85. The number of allylic oxidation sites excluding steroid dienone is 10. The number of carbonyl (C=O) groups excluding carboxylic acids is 1. The first kappa shape index (κ1) is 15.3. The van der Waals surface area contributed by atoms with Crippen LogP contribution in [0.3, 0.4) is 0 Å². The molecule has 0 N–H and O–H groups in total. The standard InChI is InChI=1S/C20H16ClNO/c21-19-6-3-4-17(14-19)15-22-12-10-16(11-13-22)8-9-18-5-1-2-7-20(18)23/h1-14H,15H2. The Bertz CT molecular complexity index is 778. The maximum Gasteiger partial charge on any atom is 0.185 e. The van der Waals surface area contributed by atoms with E-state index in [1.165, 1.54) is 0 Å². The summed E-state index contributed by atoms with van der Waals surface area (Å²) in [5.41, 5.74) is 2.91. The summed E-state index contributed by atoms with van der Waals surface area (Å²) in [7, 11) is 0. The van der Waals surface area contributed by atoms with Crippen molar-refractivity contribution in [2.45, 2.75) is 6.54 Å². The molecule has 0 unspecified atom stereocenters. The van der Waals surface area contributed by atoms with Gasteiger partial charge in [-0.05, 0) is 41.5 Å². The highest BCUT2D eigenvalue weighted by molar-refractivity contribution is 6.30. The van der Waals surface area contributed by atoms with Gasteiger partial charge in [0.1, 0.15) is 0 Å². The summed E-state index contributed by atoms with van der Waals surface area (Å²) >= 11 is 6.00. The summed E-state index contributed by atoms with van der Waals surface area (Å²) in [6.07, 6.45) is 18.9. The Morgan fingerprint density at radius 2 is 1.78 bits per heavy atom. The molecule has 3 heteroatoms. The minimum Gasteiger partial charge on any atom is -0.350 e. The fraction of sp³-hybridized carbons (Fsp3) is 0.0500. The van der Waals surface area contributed by atoms with Gasteiger partial charge in [0, 0.05) is 29.5 Å². The minimum absolute atomic E-state index is 0.0377. The van der Waals surface area contributed by atoms with Crippen molar-refractivity contribution < 1.29 is 4.79 Å². The second-order valence-electron chi connectivity index (χ2n) is 5.30. The highest BCUT2D eigenvalue weighted by Crippen LogP contribution is 2.17. The SMILES string of the molecule is O=C1C=CC=CC1=CC=C1C=CN(Cc2cccc(Cl)c2)C=C1. The van der Waals surface area contributed by atoms with Crippen LogP contribution in [-0.4, -0.2) is 10.7 Å². The monoisotopic (exact) mass is 321 g/mol. The molecule has 0 atom stereocenters. The van der Waals surface area contributed by atoms with Gasteiger partial charge < -0.3 is 4.90 Å². The van der Waals surface area contributed by atoms with Gasteiger partial charge in [-0.15, -0.1) is 0 Å². The van der Waals surface area contributed by atoms with Crippen LogP contribution in [0.1, 0.15) is 5.56 Å². The molecule has 1 aliphatic carbocycles. The zero-order valence-corrected chi connectivity index (χ0v) is 13.3. The van der Waals surface area contributed by atoms with Gasteiger partial charge in [-0.3, -0.25) is 4.79 Å². The molecule has 0 amide bonds. The normalized spacial score (nSPS) is 18.1. The molecule has 0 saturated carbocycles. The van der Waals surface area contributed by atoms with Crippen LogP contribution in [0.5, 0.6) is 0 Å². The number of halogens is 1. The van der Waals surface area contributed by atoms with E-state index < -0.39 is 0 Å². The molecule has 0 radical (unpaired) electrons. The third-order valence-corrected chi connectivity index (χ3v) is 3.78. The van der Waals surface area contributed by atoms with Gasteiger partial charge in [0.15, 0.2) is 5.78 Å². The fourth-order valence-corrected chi connectivity index (χ4v) is 2.55. The van der Waals surface area contributed by atoms with Gasteiger partial charge in [0.2, 0.25) is 0 Å². The number of benzene rings is 1. The zero-order valence-electron chi connectivity index (χ0n) is 12.5. The lowest BCUT2D eigenvalue weighted by atomic mass is 10.0. The summed E-state index contributed by atoms with van der Waals surface area (Å²) in [5.74, 6) is 0.0377. The minimum atomic E-state index is 0.0377. The van der Waals surface area contributed by atoms with Crippen molar-refractivity contribution in [3.63, 3.8) is 0 Å². The highest BCUT2D eigenvalue weighted by atomic mass is 35.5. The van der Waals surface area contributed by atoms with E-state index in [0.717, 1.165) is 22.7 Å². The Morgan fingerprint density at radius 3 is 2.52 bits per heavy atom. The van der Waals surface area contributed by atoms with E-state index in [1.807, 2.05) is 67.1 Å². The number of ketones is 1. The first-order valence-corrected chi connectivity index (χ1v) is 7.76. The van der Waals surface area contributed by atoms with E-state index in [1.54, 1.807) is 12.2 Å². The number of hydrogen-bond donors (Lipinski definition) is 0. The molecule has 0 saturated heterocycles. The largest absolute Gasteiger partial charge is 0.350 e. The molecule has 2 aliphatic rings. The lowest BCUT2D eigenvalue weighted by Gasteiger charge is -2.19. The molecule has 0 spiro atoms. The maximum atomic E-state index is 11.7. The van der Waals surface area contributed by atoms with E-state index in [0.29, 0.717) is 5.57 Å². The van der Waals surface area contributed by atoms with Gasteiger partial charge in [0.05, 0.1) is 0 Å². The highest BCUT2D eigenvalue weighted by Gasteiger charge is 2.05. The fourth-order valence-electron chi connectivity index (χ4n) is 2.34. The summed E-state index contributed by atoms with van der Waals surface area (Å²) in [6.45, 7) is 0.772. The van der Waals surface area contributed by atoms with Crippen molar-refractivity contribution in [2.75, 3.05) is 0 Å². The molecule has 0 fully saturated rings. The second kappa shape index (κ2) is 7.12. The van der Waals surface area contributed by atoms with Gasteiger partial charge >= 0.3 is 0 Å². The molecule has 1 aliphatic heterocycles. The maximum absolute atomic E-state index is 11.7. The van der Waals surface area contributed by atoms with Crippen molar-refractivity contribution in [3.05, 3.63) is 107 Å². The van der Waals surface area contributed by atoms with Gasteiger partial charge in [-0.1, -0.05) is 54.1 Å². The lowest BCUT2D eigenvalue weighted by Crippen LogP contribution is -2.11. The smallest absolute Gasteiger partial charge is 0.185 e. The Morgan fingerprint density at radius 1 is 1.00 bits per heavy atom. The van der Waals surface area contributed by atoms with Gasteiger partial charge in [0.25, 0.3) is 0 Å². The van der Waals surface area contributed by atoms with E-state index >= 15 is 0 Å². The van der Waals surface area contributed by atoms with E-state index in [2.05, 4.69) is 11.0 Å². The van der Waals surface area contributed by atoms with E-state index in [-0.39, 0.29) is 5.78 Å². The molecular formula is C20H16ClNO. The summed E-state index contributed by atoms with van der Waals surface area (Å²) in [4.78, 5) is 13.7. The average molecular weight is 322 g/mol. The predicted octanol–water partition coefficient (Wildman–Crippen LogP) is 4.73. The first-order valence-electron chi connectivity index (χ1n) is 7.38. The quantitative estimate of drug-likeness (QED) is 0.750. The van der Waals surface area contributed by atoms with Crippen molar-refractivity contribution in [1.82, 2.24) is 4.90 Å². The summed E-state index contributed by atoms with van der Waals surface area (Å²) in [5, 5.41) is 0.749. The first-order chi connectivity index (χ1) is 11.2. The van der Waals surface area contributed by atoms with Crippen LogP contribution in [0.2, 0.25) is 5.02 Å². The zero-order chi connectivity index (χ0) is 16.1. The number of hydrogen-bond acceptors (Lipinski definition) is 2. The molecule has 1 heterocycles. The van der Waals surface area contributed by atoms with E-state index in [9.17, 15) is 4.79 Å². The van der Waals surface area contributed by atoms with Gasteiger partial charge in [-0.2, -0.15) is 0 Å². The topological polar surface area (TPSA) is 20.3 Å². The number of rotatable bonds is 3. The number of carbonyl (C=O) groups is 1. The van der Waals surface area contributed by atoms with E-state index in [4.69, 9.17) is 11.6 Å². The van der Waals surface area contributed by atoms with Crippen LogP contribution >= 0.6 is 11.6 Å². The van der Waals surface area contributed by atoms with Crippen LogP contribution < -0.4 is 0 Å². The molecule has 1 aromatic carbocycles. The lowest BCUT2D eigenvalue weighted by molar-refractivity contribution is -0.111.